The van der Waals surface area contributed by atoms with Crippen LogP contribution in [0.3, 0.4) is 0 Å². The third-order valence-corrected chi connectivity index (χ3v) is 4.16. The minimum absolute atomic E-state index is 0.122. The lowest BCUT2D eigenvalue weighted by Gasteiger charge is -2.06. The second kappa shape index (κ2) is 10.4. The molecule has 0 aliphatic carbocycles. The van der Waals surface area contributed by atoms with Crippen molar-refractivity contribution in [3.8, 4) is 5.75 Å². The molecule has 3 rings (SSSR count). The number of hydrazone groups is 1. The van der Waals surface area contributed by atoms with E-state index in [0.29, 0.717) is 11.4 Å². The average Bonchev–Trinajstić information content (AvgIpc) is 2.79. The van der Waals surface area contributed by atoms with Gasteiger partial charge in [0.2, 0.25) is 0 Å². The van der Waals surface area contributed by atoms with Gasteiger partial charge in [0.05, 0.1) is 17.5 Å². The summed E-state index contributed by atoms with van der Waals surface area (Å²) in [6.45, 7) is 1.72. The molecule has 0 aliphatic rings. The van der Waals surface area contributed by atoms with Crippen molar-refractivity contribution >= 4 is 29.6 Å². The van der Waals surface area contributed by atoms with Crippen LogP contribution in [0.4, 0.5) is 10.5 Å². The number of nitrogens with one attached hydrogen (secondary N) is 2. The molecule has 8 nitrogen and oxygen atoms in total. The first-order valence-corrected chi connectivity index (χ1v) is 9.32. The molecule has 3 N–H and O–H groups in total. The van der Waals surface area contributed by atoms with Crippen molar-refractivity contribution in [3.63, 3.8) is 0 Å². The molecule has 0 aromatic heterocycles. The standard InChI is InChI=1S/C23H20N4O4/c1-16(26-27-22(29)20-9-5-6-10-21(20)28)18-11-13-19(14-12-18)25-23(30)31-24-15-17-7-3-2-4-8-17/h2-15,28H,1H3,(H,25,30)(H,27,29)/b24-15+,26-16+. The van der Waals surface area contributed by atoms with Gasteiger partial charge in [-0.15, -0.1) is 0 Å². The maximum atomic E-state index is 12.1. The van der Waals surface area contributed by atoms with Crippen LogP contribution in [0.1, 0.15) is 28.4 Å². The summed E-state index contributed by atoms with van der Waals surface area (Å²) in [5.74, 6) is -0.641. The third-order valence-electron chi connectivity index (χ3n) is 4.16. The molecule has 0 aliphatic heterocycles. The van der Waals surface area contributed by atoms with Crippen molar-refractivity contribution in [1.82, 2.24) is 5.43 Å². The van der Waals surface area contributed by atoms with Crippen molar-refractivity contribution in [1.29, 1.82) is 0 Å². The van der Waals surface area contributed by atoms with Gasteiger partial charge in [-0.1, -0.05) is 59.8 Å². The number of carbonyl (C=O) groups excluding carboxylic acids is 2. The number of anilines is 1. The smallest absolute Gasteiger partial charge is 0.437 e. The first kappa shape index (κ1) is 21.3. The van der Waals surface area contributed by atoms with Gasteiger partial charge in [-0.05, 0) is 42.3 Å². The van der Waals surface area contributed by atoms with E-state index in [0.717, 1.165) is 11.1 Å². The zero-order valence-electron chi connectivity index (χ0n) is 16.6. The van der Waals surface area contributed by atoms with Gasteiger partial charge in [0.25, 0.3) is 5.91 Å². The predicted octanol–water partition coefficient (Wildman–Crippen LogP) is 4.13. The lowest BCUT2D eigenvalue weighted by atomic mass is 10.1. The summed E-state index contributed by atoms with van der Waals surface area (Å²) in [4.78, 5) is 28.7. The van der Waals surface area contributed by atoms with E-state index in [1.807, 2.05) is 30.3 Å². The molecule has 0 radical (unpaired) electrons. The topological polar surface area (TPSA) is 112 Å². The Labute approximate surface area is 178 Å². The van der Waals surface area contributed by atoms with E-state index in [1.165, 1.54) is 18.3 Å². The Balaban J connectivity index is 1.53. The molecule has 0 heterocycles. The Kier molecular flexibility index (Phi) is 7.10. The average molecular weight is 416 g/mol. The minimum Gasteiger partial charge on any atom is -0.507 e. The van der Waals surface area contributed by atoms with E-state index < -0.39 is 12.0 Å². The molecule has 0 saturated heterocycles. The molecular weight excluding hydrogens is 396 g/mol. The van der Waals surface area contributed by atoms with Crippen molar-refractivity contribution in [2.45, 2.75) is 6.92 Å². The van der Waals surface area contributed by atoms with Crippen LogP contribution in [0.2, 0.25) is 0 Å². The fourth-order valence-electron chi connectivity index (χ4n) is 2.53. The van der Waals surface area contributed by atoms with E-state index in [1.54, 1.807) is 43.3 Å². The summed E-state index contributed by atoms with van der Waals surface area (Å²) >= 11 is 0. The Morgan fingerprint density at radius 2 is 1.61 bits per heavy atom. The second-order valence-electron chi connectivity index (χ2n) is 6.38. The Bertz CT molecular complexity index is 1110. The number of amides is 2. The molecule has 0 fully saturated rings. The monoisotopic (exact) mass is 416 g/mol. The number of hydrogen-bond acceptors (Lipinski definition) is 6. The lowest BCUT2D eigenvalue weighted by Crippen LogP contribution is -2.19. The molecule has 3 aromatic carbocycles. The maximum absolute atomic E-state index is 12.1. The molecule has 31 heavy (non-hydrogen) atoms. The lowest BCUT2D eigenvalue weighted by molar-refractivity contribution is 0.0952. The zero-order valence-corrected chi connectivity index (χ0v) is 16.6. The highest BCUT2D eigenvalue weighted by molar-refractivity contribution is 6.02. The van der Waals surface area contributed by atoms with Gasteiger partial charge in [0.15, 0.2) is 0 Å². The van der Waals surface area contributed by atoms with Crippen molar-refractivity contribution in [2.24, 2.45) is 10.3 Å². The normalized spacial score (nSPS) is 11.2. The quantitative estimate of drug-likeness (QED) is 0.319. The number of oxime groups is 1. The fraction of sp³-hybridized carbons (Fsp3) is 0.0435. The Hall–Kier alpha value is -4.46. The van der Waals surface area contributed by atoms with E-state index in [-0.39, 0.29) is 11.3 Å². The van der Waals surface area contributed by atoms with Crippen LogP contribution in [-0.4, -0.2) is 29.0 Å². The van der Waals surface area contributed by atoms with Gasteiger partial charge in [-0.25, -0.2) is 10.2 Å². The fourth-order valence-corrected chi connectivity index (χ4v) is 2.53. The molecule has 2 amide bonds. The van der Waals surface area contributed by atoms with Crippen LogP contribution in [-0.2, 0) is 4.84 Å². The van der Waals surface area contributed by atoms with Crippen LogP contribution >= 0.6 is 0 Å². The van der Waals surface area contributed by atoms with Crippen LogP contribution in [0.15, 0.2) is 89.1 Å². The SMILES string of the molecule is C/C(=N\NC(=O)c1ccccc1O)c1ccc(NC(=O)O/N=C/c2ccccc2)cc1. The molecule has 0 bridgehead atoms. The third kappa shape index (κ3) is 6.26. The molecule has 3 aromatic rings. The summed E-state index contributed by atoms with van der Waals surface area (Å²) in [7, 11) is 0. The van der Waals surface area contributed by atoms with Gasteiger partial charge < -0.3 is 5.11 Å². The second-order valence-corrected chi connectivity index (χ2v) is 6.38. The number of para-hydroxylation sites is 1. The van der Waals surface area contributed by atoms with Crippen molar-refractivity contribution in [2.75, 3.05) is 5.32 Å². The Morgan fingerprint density at radius 1 is 0.935 bits per heavy atom. The molecule has 0 spiro atoms. The molecule has 0 unspecified atom stereocenters. The molecule has 0 atom stereocenters. The summed E-state index contributed by atoms with van der Waals surface area (Å²) in [6.07, 6.45) is 0.715. The predicted molar refractivity (Wildman–Crippen MR) is 118 cm³/mol. The molecule has 156 valence electrons. The largest absolute Gasteiger partial charge is 0.507 e. The van der Waals surface area contributed by atoms with Crippen LogP contribution in [0, 0.1) is 0 Å². The number of phenols is 1. The van der Waals surface area contributed by atoms with Gasteiger partial charge >= 0.3 is 6.09 Å². The first-order valence-electron chi connectivity index (χ1n) is 9.32. The van der Waals surface area contributed by atoms with E-state index in [2.05, 4.69) is 21.0 Å². The molecule has 0 saturated carbocycles. The Morgan fingerprint density at radius 3 is 2.32 bits per heavy atom. The van der Waals surface area contributed by atoms with Crippen LogP contribution in [0.5, 0.6) is 5.75 Å². The number of aromatic hydroxyl groups is 1. The summed E-state index contributed by atoms with van der Waals surface area (Å²) in [5, 5.41) is 20.0. The first-order chi connectivity index (χ1) is 15.0. The summed E-state index contributed by atoms with van der Waals surface area (Å²) in [6, 6.07) is 22.2. The van der Waals surface area contributed by atoms with E-state index >= 15 is 0 Å². The number of hydrogen-bond donors (Lipinski definition) is 3. The van der Waals surface area contributed by atoms with Gasteiger partial charge in [-0.3, -0.25) is 14.9 Å². The number of nitrogens with zero attached hydrogens (tertiary/aromatic N) is 2. The highest BCUT2D eigenvalue weighted by Gasteiger charge is 2.09. The zero-order chi connectivity index (χ0) is 22.1. The minimum atomic E-state index is -0.722. The number of phenolic OH excluding ortho intramolecular Hbond substituents is 1. The molecule has 8 heteroatoms. The summed E-state index contributed by atoms with van der Waals surface area (Å²) in [5.41, 5.74) is 5.14. The van der Waals surface area contributed by atoms with Crippen molar-refractivity contribution in [3.05, 3.63) is 95.6 Å². The number of benzene rings is 3. The van der Waals surface area contributed by atoms with Crippen molar-refractivity contribution < 1.29 is 19.5 Å². The van der Waals surface area contributed by atoms with Gasteiger partial charge in [0, 0.05) is 5.69 Å². The summed E-state index contributed by atoms with van der Waals surface area (Å²) < 4.78 is 0. The van der Waals surface area contributed by atoms with Crippen LogP contribution < -0.4 is 10.7 Å². The van der Waals surface area contributed by atoms with Gasteiger partial charge in [-0.2, -0.15) is 5.10 Å². The van der Waals surface area contributed by atoms with Crippen LogP contribution in [0.25, 0.3) is 0 Å². The number of rotatable bonds is 6. The van der Waals surface area contributed by atoms with E-state index in [9.17, 15) is 14.7 Å². The number of carbonyl (C=O) groups is 2. The molecular formula is C23H20N4O4. The van der Waals surface area contributed by atoms with Gasteiger partial charge in [0.1, 0.15) is 5.75 Å². The highest BCUT2D eigenvalue weighted by Crippen LogP contribution is 2.15. The van der Waals surface area contributed by atoms with E-state index in [4.69, 9.17) is 4.84 Å². The highest BCUT2D eigenvalue weighted by atomic mass is 16.7. The maximum Gasteiger partial charge on any atom is 0.437 e.